The Bertz CT molecular complexity index is 1030. The highest BCUT2D eigenvalue weighted by Crippen LogP contribution is 2.26. The standard InChI is InChI=1S/C27H32N2O4S/c1-28(22-11-3-2-4-12-22)26(31)19-34-24-14-8-7-13-23(24)27(32)33-18-25(30)29-16-15-20-9-5-6-10-21(20)17-29/h5-10,13-14,22H,2-4,11-12,15-19H2,1H3. The third-order valence-corrected chi connectivity index (χ3v) is 7.84. The minimum Gasteiger partial charge on any atom is -0.452 e. The fourth-order valence-corrected chi connectivity index (χ4v) is 5.64. The quantitative estimate of drug-likeness (QED) is 0.436. The Balaban J connectivity index is 1.30. The summed E-state index contributed by atoms with van der Waals surface area (Å²) in [5.74, 6) is -0.400. The minimum absolute atomic E-state index is 0.0700. The van der Waals surface area contributed by atoms with Gasteiger partial charge < -0.3 is 14.5 Å². The number of carbonyl (C=O) groups excluding carboxylic acids is 3. The van der Waals surface area contributed by atoms with E-state index in [2.05, 4.69) is 6.07 Å². The second-order valence-corrected chi connectivity index (χ2v) is 10.0. The maximum absolute atomic E-state index is 12.8. The Morgan fingerprint density at radius 2 is 1.71 bits per heavy atom. The Morgan fingerprint density at radius 3 is 2.50 bits per heavy atom. The molecule has 7 heteroatoms. The number of benzene rings is 2. The summed E-state index contributed by atoms with van der Waals surface area (Å²) in [6.07, 6.45) is 6.52. The number of hydrogen-bond donors (Lipinski definition) is 0. The largest absolute Gasteiger partial charge is 0.452 e. The first kappa shape index (κ1) is 24.3. The molecular weight excluding hydrogens is 448 g/mol. The van der Waals surface area contributed by atoms with Crippen molar-refractivity contribution in [1.29, 1.82) is 0 Å². The Labute approximate surface area is 205 Å². The molecule has 1 saturated carbocycles. The maximum Gasteiger partial charge on any atom is 0.339 e. The van der Waals surface area contributed by atoms with Crippen LogP contribution >= 0.6 is 11.8 Å². The molecule has 0 bridgehead atoms. The van der Waals surface area contributed by atoms with E-state index >= 15 is 0 Å². The average Bonchev–Trinajstić information content (AvgIpc) is 2.90. The van der Waals surface area contributed by atoms with Crippen molar-refractivity contribution in [3.63, 3.8) is 0 Å². The van der Waals surface area contributed by atoms with Crippen LogP contribution in [0, 0.1) is 0 Å². The maximum atomic E-state index is 12.8. The van der Waals surface area contributed by atoms with E-state index in [1.807, 2.05) is 42.3 Å². The number of thioether (sulfide) groups is 1. The lowest BCUT2D eigenvalue weighted by molar-refractivity contribution is -0.135. The fourth-order valence-electron chi connectivity index (χ4n) is 4.68. The monoisotopic (exact) mass is 480 g/mol. The van der Waals surface area contributed by atoms with Crippen molar-refractivity contribution in [2.75, 3.05) is 26.0 Å². The first-order valence-electron chi connectivity index (χ1n) is 12.0. The van der Waals surface area contributed by atoms with Crippen molar-refractivity contribution < 1.29 is 19.1 Å². The van der Waals surface area contributed by atoms with Crippen LogP contribution in [-0.2, 0) is 27.3 Å². The normalized spacial score (nSPS) is 16.0. The van der Waals surface area contributed by atoms with Crippen molar-refractivity contribution in [3.8, 4) is 0 Å². The number of rotatable bonds is 7. The smallest absolute Gasteiger partial charge is 0.339 e. The van der Waals surface area contributed by atoms with E-state index in [4.69, 9.17) is 4.74 Å². The molecule has 6 nitrogen and oxygen atoms in total. The van der Waals surface area contributed by atoms with Gasteiger partial charge in [0.2, 0.25) is 5.91 Å². The first-order chi connectivity index (χ1) is 16.5. The summed E-state index contributed by atoms with van der Waals surface area (Å²) in [4.78, 5) is 42.4. The highest BCUT2D eigenvalue weighted by Gasteiger charge is 2.24. The Kier molecular flexibility index (Phi) is 8.27. The van der Waals surface area contributed by atoms with Crippen molar-refractivity contribution in [2.45, 2.75) is 56.0 Å². The van der Waals surface area contributed by atoms with Gasteiger partial charge in [-0.05, 0) is 42.5 Å². The van der Waals surface area contributed by atoms with Crippen LogP contribution in [-0.4, -0.2) is 59.6 Å². The Morgan fingerprint density at radius 1 is 1.00 bits per heavy atom. The van der Waals surface area contributed by atoms with Crippen molar-refractivity contribution in [2.24, 2.45) is 0 Å². The van der Waals surface area contributed by atoms with Gasteiger partial charge >= 0.3 is 5.97 Å². The molecule has 1 fully saturated rings. The molecule has 4 rings (SSSR count). The second-order valence-electron chi connectivity index (χ2n) is 8.99. The molecule has 0 radical (unpaired) electrons. The van der Waals surface area contributed by atoms with E-state index in [1.54, 1.807) is 17.0 Å². The fraction of sp³-hybridized carbons (Fsp3) is 0.444. The van der Waals surface area contributed by atoms with Crippen LogP contribution in [0.25, 0.3) is 0 Å². The molecule has 2 amide bonds. The summed E-state index contributed by atoms with van der Waals surface area (Å²) in [5, 5.41) is 0. The van der Waals surface area contributed by atoms with Gasteiger partial charge in [-0.1, -0.05) is 55.7 Å². The number of amides is 2. The molecule has 0 spiro atoms. The number of ether oxygens (including phenoxy) is 1. The van der Waals surface area contributed by atoms with E-state index < -0.39 is 5.97 Å². The van der Waals surface area contributed by atoms with Gasteiger partial charge in [-0.15, -0.1) is 11.8 Å². The summed E-state index contributed by atoms with van der Waals surface area (Å²) < 4.78 is 5.38. The summed E-state index contributed by atoms with van der Waals surface area (Å²) in [5.41, 5.74) is 2.79. The average molecular weight is 481 g/mol. The summed E-state index contributed by atoms with van der Waals surface area (Å²) in [6, 6.07) is 15.5. The zero-order chi connectivity index (χ0) is 23.9. The molecule has 2 aromatic rings. The van der Waals surface area contributed by atoms with Gasteiger partial charge in [-0.25, -0.2) is 4.79 Å². The van der Waals surface area contributed by atoms with E-state index in [9.17, 15) is 14.4 Å². The lowest BCUT2D eigenvalue weighted by atomic mass is 9.94. The van der Waals surface area contributed by atoms with Gasteiger partial charge in [0.25, 0.3) is 5.91 Å². The molecular formula is C27H32N2O4S. The number of esters is 1. The van der Waals surface area contributed by atoms with Gasteiger partial charge in [0.15, 0.2) is 6.61 Å². The van der Waals surface area contributed by atoms with Gasteiger partial charge in [0.1, 0.15) is 0 Å². The molecule has 34 heavy (non-hydrogen) atoms. The third kappa shape index (κ3) is 6.00. The van der Waals surface area contributed by atoms with Crippen LogP contribution in [0.4, 0.5) is 0 Å². The molecule has 1 aliphatic heterocycles. The number of nitrogens with zero attached hydrogens (tertiary/aromatic N) is 2. The predicted octanol–water partition coefficient (Wildman–Crippen LogP) is 4.31. The molecule has 2 aliphatic rings. The van der Waals surface area contributed by atoms with E-state index in [0.29, 0.717) is 29.6 Å². The molecule has 180 valence electrons. The number of fused-ring (bicyclic) bond motifs is 1. The van der Waals surface area contributed by atoms with Crippen LogP contribution in [0.1, 0.15) is 53.6 Å². The highest BCUT2D eigenvalue weighted by molar-refractivity contribution is 8.00. The summed E-state index contributed by atoms with van der Waals surface area (Å²) in [6.45, 7) is 0.870. The minimum atomic E-state index is -0.540. The number of hydrogen-bond acceptors (Lipinski definition) is 5. The lowest BCUT2D eigenvalue weighted by Gasteiger charge is -2.31. The van der Waals surface area contributed by atoms with E-state index in [0.717, 1.165) is 24.8 Å². The van der Waals surface area contributed by atoms with Crippen LogP contribution in [0.2, 0.25) is 0 Å². The Hall–Kier alpha value is -2.80. The van der Waals surface area contributed by atoms with Gasteiger partial charge in [0.05, 0.1) is 11.3 Å². The van der Waals surface area contributed by atoms with Gasteiger partial charge in [-0.2, -0.15) is 0 Å². The van der Waals surface area contributed by atoms with Crippen LogP contribution in [0.5, 0.6) is 0 Å². The molecule has 0 saturated heterocycles. The summed E-state index contributed by atoms with van der Waals surface area (Å²) in [7, 11) is 1.88. The van der Waals surface area contributed by atoms with E-state index in [1.165, 1.54) is 36.6 Å². The number of carbonyl (C=O) groups is 3. The van der Waals surface area contributed by atoms with Crippen molar-refractivity contribution in [3.05, 3.63) is 65.2 Å². The molecule has 0 N–H and O–H groups in total. The van der Waals surface area contributed by atoms with Crippen LogP contribution in [0.3, 0.4) is 0 Å². The van der Waals surface area contributed by atoms with Crippen molar-refractivity contribution >= 4 is 29.5 Å². The SMILES string of the molecule is CN(C(=O)CSc1ccccc1C(=O)OCC(=O)N1CCc2ccccc2C1)C1CCCCC1. The molecule has 2 aromatic carbocycles. The molecule has 1 aliphatic carbocycles. The third-order valence-electron chi connectivity index (χ3n) is 6.78. The van der Waals surface area contributed by atoms with Crippen LogP contribution in [0.15, 0.2) is 53.4 Å². The van der Waals surface area contributed by atoms with Gasteiger partial charge in [-0.3, -0.25) is 9.59 Å². The highest BCUT2D eigenvalue weighted by atomic mass is 32.2. The second kappa shape index (κ2) is 11.6. The van der Waals surface area contributed by atoms with Gasteiger partial charge in [0, 0.05) is 31.1 Å². The summed E-state index contributed by atoms with van der Waals surface area (Å²) >= 11 is 1.34. The molecule has 1 heterocycles. The molecule has 0 atom stereocenters. The predicted molar refractivity (Wildman–Crippen MR) is 133 cm³/mol. The van der Waals surface area contributed by atoms with E-state index in [-0.39, 0.29) is 24.2 Å². The zero-order valence-electron chi connectivity index (χ0n) is 19.7. The van der Waals surface area contributed by atoms with Crippen molar-refractivity contribution in [1.82, 2.24) is 9.80 Å². The topological polar surface area (TPSA) is 66.9 Å². The zero-order valence-corrected chi connectivity index (χ0v) is 20.5. The van der Waals surface area contributed by atoms with Crippen LogP contribution < -0.4 is 0 Å². The molecule has 0 unspecified atom stereocenters. The lowest BCUT2D eigenvalue weighted by Crippen LogP contribution is -2.39. The molecule has 0 aromatic heterocycles. The first-order valence-corrected chi connectivity index (χ1v) is 13.0.